The molecule has 1 aliphatic rings. The molecule has 0 spiro atoms. The number of nitrogens with one attached hydrogen (secondary N) is 1. The third kappa shape index (κ3) is 5.31. The first kappa shape index (κ1) is 26.6. The molecule has 3 heterocycles. The van der Waals surface area contributed by atoms with Gasteiger partial charge in [0, 0.05) is 53.3 Å². The Labute approximate surface area is 215 Å². The molecule has 1 aromatic carbocycles. The predicted octanol–water partition coefficient (Wildman–Crippen LogP) is 5.30. The number of aromatic nitrogens is 2. The fraction of sp³-hybridized carbons (Fsp3) is 0.346. The molecule has 0 bridgehead atoms. The summed E-state index contributed by atoms with van der Waals surface area (Å²) in [7, 11) is 1.76. The van der Waals surface area contributed by atoms with Crippen molar-refractivity contribution in [2.75, 3.05) is 13.6 Å². The van der Waals surface area contributed by atoms with E-state index in [4.69, 9.17) is 0 Å². The van der Waals surface area contributed by atoms with Crippen LogP contribution in [-0.2, 0) is 24.1 Å². The molecule has 3 aromatic rings. The van der Waals surface area contributed by atoms with E-state index in [0.717, 1.165) is 15.6 Å². The van der Waals surface area contributed by atoms with E-state index in [0.29, 0.717) is 16.0 Å². The van der Waals surface area contributed by atoms with E-state index < -0.39 is 23.6 Å². The number of rotatable bonds is 6. The van der Waals surface area contributed by atoms with E-state index in [-0.39, 0.29) is 42.7 Å². The monoisotopic (exact) mass is 531 g/mol. The molecular formula is C26H25F4N5OS. The van der Waals surface area contributed by atoms with Crippen molar-refractivity contribution in [2.24, 2.45) is 0 Å². The van der Waals surface area contributed by atoms with Crippen molar-refractivity contribution in [3.8, 4) is 17.2 Å². The number of fused-ring (bicyclic) bond motifs is 1. The number of hydrogen-bond donors (Lipinski definition) is 1. The van der Waals surface area contributed by atoms with Gasteiger partial charge in [-0.05, 0) is 44.2 Å². The van der Waals surface area contributed by atoms with Crippen molar-refractivity contribution < 1.29 is 22.4 Å². The first-order valence-electron chi connectivity index (χ1n) is 11.7. The highest BCUT2D eigenvalue weighted by Gasteiger charge is 2.40. The maximum absolute atomic E-state index is 15.4. The number of halogens is 4. The summed E-state index contributed by atoms with van der Waals surface area (Å²) in [6.45, 7) is 4.07. The average molecular weight is 532 g/mol. The maximum Gasteiger partial charge on any atom is 0.435 e. The van der Waals surface area contributed by atoms with Gasteiger partial charge in [0.15, 0.2) is 5.69 Å². The largest absolute Gasteiger partial charge is 0.435 e. The van der Waals surface area contributed by atoms with Gasteiger partial charge in [-0.1, -0.05) is 18.2 Å². The summed E-state index contributed by atoms with van der Waals surface area (Å²) in [4.78, 5) is 15.8. The molecule has 1 N–H and O–H groups in total. The average Bonchev–Trinajstić information content (AvgIpc) is 3.50. The number of benzene rings is 1. The van der Waals surface area contributed by atoms with Crippen LogP contribution in [0, 0.1) is 17.1 Å². The van der Waals surface area contributed by atoms with Crippen molar-refractivity contribution in [3.63, 3.8) is 0 Å². The van der Waals surface area contributed by atoms with Gasteiger partial charge in [0.1, 0.15) is 16.8 Å². The summed E-state index contributed by atoms with van der Waals surface area (Å²) in [5, 5.41) is 16.2. The number of thiophene rings is 1. The van der Waals surface area contributed by atoms with Gasteiger partial charge in [0.05, 0.1) is 6.54 Å². The number of carbonyl (C=O) groups is 1. The lowest BCUT2D eigenvalue weighted by atomic mass is 9.83. The van der Waals surface area contributed by atoms with Gasteiger partial charge in [-0.2, -0.15) is 23.5 Å². The van der Waals surface area contributed by atoms with E-state index in [1.807, 2.05) is 6.92 Å². The van der Waals surface area contributed by atoms with Crippen LogP contribution >= 0.6 is 11.3 Å². The normalized spacial score (nSPS) is 16.6. The van der Waals surface area contributed by atoms with Crippen LogP contribution in [0.2, 0.25) is 0 Å². The highest BCUT2D eigenvalue weighted by Crippen LogP contribution is 2.45. The van der Waals surface area contributed by atoms with E-state index in [1.54, 1.807) is 37.1 Å². The zero-order chi connectivity index (χ0) is 26.9. The Kier molecular flexibility index (Phi) is 7.52. The van der Waals surface area contributed by atoms with Gasteiger partial charge < -0.3 is 10.2 Å². The summed E-state index contributed by atoms with van der Waals surface area (Å²) in [5.41, 5.74) is -0.720. The van der Waals surface area contributed by atoms with Gasteiger partial charge >= 0.3 is 6.18 Å². The molecule has 4 rings (SSSR count). The molecule has 2 aromatic heterocycles. The molecule has 6 nitrogen and oxygen atoms in total. The summed E-state index contributed by atoms with van der Waals surface area (Å²) in [6, 6.07) is 7.87. The zero-order valence-corrected chi connectivity index (χ0v) is 21.3. The lowest BCUT2D eigenvalue weighted by Crippen LogP contribution is -2.37. The SMILES string of the molecule is CCn1cc(-c2c(F)cccc2[C@@H]2CN(C(=O)/C=C/C(C)NC)Cc3sc(C#N)cc32)c(C(F)(F)F)n1. The van der Waals surface area contributed by atoms with Crippen LogP contribution in [0.1, 0.15) is 46.3 Å². The lowest BCUT2D eigenvalue weighted by Gasteiger charge is -2.33. The van der Waals surface area contributed by atoms with Crippen molar-refractivity contribution in [2.45, 2.75) is 45.1 Å². The van der Waals surface area contributed by atoms with E-state index in [2.05, 4.69) is 16.5 Å². The van der Waals surface area contributed by atoms with Gasteiger partial charge in [-0.15, -0.1) is 11.3 Å². The second-order valence-electron chi connectivity index (χ2n) is 8.76. The minimum Gasteiger partial charge on any atom is -0.333 e. The summed E-state index contributed by atoms with van der Waals surface area (Å²) in [5.74, 6) is -1.74. The summed E-state index contributed by atoms with van der Waals surface area (Å²) >= 11 is 1.22. The van der Waals surface area contributed by atoms with Gasteiger partial charge in [-0.25, -0.2) is 4.39 Å². The molecule has 194 valence electrons. The van der Waals surface area contributed by atoms with Gasteiger partial charge in [-0.3, -0.25) is 9.48 Å². The number of carbonyl (C=O) groups excluding carboxylic acids is 1. The second kappa shape index (κ2) is 10.5. The smallest absolute Gasteiger partial charge is 0.333 e. The molecule has 11 heteroatoms. The second-order valence-corrected chi connectivity index (χ2v) is 9.89. The quantitative estimate of drug-likeness (QED) is 0.346. The van der Waals surface area contributed by atoms with Crippen molar-refractivity contribution >= 4 is 17.2 Å². The fourth-order valence-electron chi connectivity index (χ4n) is 4.43. The number of aryl methyl sites for hydroxylation is 1. The van der Waals surface area contributed by atoms with Crippen LogP contribution in [0.4, 0.5) is 17.6 Å². The molecule has 0 saturated carbocycles. The number of likely N-dealkylation sites (N-methyl/N-ethyl adjacent to an activating group) is 1. The molecular weight excluding hydrogens is 506 g/mol. The van der Waals surface area contributed by atoms with E-state index in [9.17, 15) is 23.2 Å². The Morgan fingerprint density at radius 3 is 2.78 bits per heavy atom. The number of nitrogens with zero attached hydrogens (tertiary/aromatic N) is 4. The van der Waals surface area contributed by atoms with Crippen LogP contribution in [0.25, 0.3) is 11.1 Å². The van der Waals surface area contributed by atoms with Gasteiger partial charge in [0.25, 0.3) is 0 Å². The third-order valence-corrected chi connectivity index (χ3v) is 7.44. The Bertz CT molecular complexity index is 1380. The van der Waals surface area contributed by atoms with Crippen molar-refractivity contribution in [1.29, 1.82) is 5.26 Å². The molecule has 1 unspecified atom stereocenters. The predicted molar refractivity (Wildman–Crippen MR) is 132 cm³/mol. The molecule has 0 fully saturated rings. The summed E-state index contributed by atoms with van der Waals surface area (Å²) in [6.07, 6.45) is -0.431. The minimum absolute atomic E-state index is 0.0438. The first-order chi connectivity index (χ1) is 17.6. The highest BCUT2D eigenvalue weighted by atomic mass is 32.1. The molecule has 1 amide bonds. The van der Waals surface area contributed by atoms with Crippen molar-refractivity contribution in [3.05, 3.63) is 75.0 Å². The Morgan fingerprint density at radius 2 is 2.14 bits per heavy atom. The highest BCUT2D eigenvalue weighted by molar-refractivity contribution is 7.12. The number of nitriles is 1. The van der Waals surface area contributed by atoms with Crippen LogP contribution < -0.4 is 5.32 Å². The van der Waals surface area contributed by atoms with Gasteiger partial charge in [0.2, 0.25) is 5.91 Å². The van der Waals surface area contributed by atoms with Crippen LogP contribution in [0.15, 0.2) is 42.6 Å². The Balaban J connectivity index is 1.87. The molecule has 0 radical (unpaired) electrons. The maximum atomic E-state index is 15.4. The molecule has 37 heavy (non-hydrogen) atoms. The van der Waals surface area contributed by atoms with Crippen LogP contribution in [0.5, 0.6) is 0 Å². The van der Waals surface area contributed by atoms with Crippen molar-refractivity contribution in [1.82, 2.24) is 20.0 Å². The molecule has 2 atom stereocenters. The molecule has 1 aliphatic heterocycles. The van der Waals surface area contributed by atoms with E-state index >= 15 is 4.39 Å². The summed E-state index contributed by atoms with van der Waals surface area (Å²) < 4.78 is 58.3. The standard InChI is InChI=1S/C26H25F4N5OS/c1-4-35-13-20(25(33-35)26(28,29)30)24-17(6-5-7-21(24)27)19-12-34(23(36)9-8-15(2)32-3)14-22-18(19)10-16(11-31)37-22/h5-10,13,15,19,32H,4,12,14H2,1-3H3/b9-8+/t15?,19-/m0/s1. The number of amides is 1. The van der Waals surface area contributed by atoms with Crippen LogP contribution in [0.3, 0.4) is 0 Å². The van der Waals surface area contributed by atoms with Crippen LogP contribution in [-0.4, -0.2) is 40.2 Å². The minimum atomic E-state index is -4.79. The topological polar surface area (TPSA) is 74.0 Å². The van der Waals surface area contributed by atoms with E-state index in [1.165, 1.54) is 29.7 Å². The fourth-order valence-corrected chi connectivity index (χ4v) is 5.46. The zero-order valence-electron chi connectivity index (χ0n) is 20.4. The molecule has 0 aliphatic carbocycles. The first-order valence-corrected chi connectivity index (χ1v) is 12.5. The lowest BCUT2D eigenvalue weighted by molar-refractivity contribution is -0.141. The Morgan fingerprint density at radius 1 is 1.38 bits per heavy atom. The number of hydrogen-bond acceptors (Lipinski definition) is 5. The Hall–Kier alpha value is -3.49. The molecule has 0 saturated heterocycles. The third-order valence-electron chi connectivity index (χ3n) is 6.40. The number of alkyl halides is 3.